The monoisotopic (exact) mass is 345 g/mol. The molecule has 3 unspecified atom stereocenters. The Morgan fingerprint density at radius 3 is 2.88 bits per heavy atom. The highest BCUT2D eigenvalue weighted by Gasteiger charge is 2.71. The van der Waals surface area contributed by atoms with Crippen LogP contribution in [0.4, 0.5) is 5.69 Å². The predicted molar refractivity (Wildman–Crippen MR) is 88.9 cm³/mol. The lowest BCUT2D eigenvalue weighted by Gasteiger charge is -2.32. The van der Waals surface area contributed by atoms with Gasteiger partial charge in [0.05, 0.1) is 28.8 Å². The van der Waals surface area contributed by atoms with E-state index in [4.69, 9.17) is 16.3 Å². The van der Waals surface area contributed by atoms with Gasteiger partial charge in [0.1, 0.15) is 11.5 Å². The standard InChI is InChI=1S/C18H16ClNO4/c1-2-5-13-18-9-8-12(24-18)14(17(22)23)15(18)16(21)20(13)11-7-4-3-6-10(11)19/h2-4,6-9,12-15H,1,5H2,(H,22,23)/t12-,13?,14?,15?,18-/m1/s1. The fraction of sp³-hybridized carbons (Fsp3) is 0.333. The van der Waals surface area contributed by atoms with Crippen molar-refractivity contribution in [1.82, 2.24) is 0 Å². The van der Waals surface area contributed by atoms with Crippen molar-refractivity contribution in [3.63, 3.8) is 0 Å². The summed E-state index contributed by atoms with van der Waals surface area (Å²) in [4.78, 5) is 26.5. The van der Waals surface area contributed by atoms with Crippen molar-refractivity contribution in [3.8, 4) is 0 Å². The quantitative estimate of drug-likeness (QED) is 0.852. The zero-order valence-corrected chi connectivity index (χ0v) is 13.5. The number of carboxylic acid groups (broad SMARTS) is 1. The molecular weight excluding hydrogens is 330 g/mol. The van der Waals surface area contributed by atoms with Gasteiger partial charge in [-0.15, -0.1) is 6.58 Å². The molecule has 24 heavy (non-hydrogen) atoms. The Bertz CT molecular complexity index is 776. The molecule has 1 amide bonds. The second-order valence-electron chi connectivity index (χ2n) is 6.34. The van der Waals surface area contributed by atoms with E-state index < -0.39 is 29.5 Å². The van der Waals surface area contributed by atoms with E-state index in [1.807, 2.05) is 6.08 Å². The number of benzene rings is 1. The van der Waals surface area contributed by atoms with Crippen LogP contribution in [0, 0.1) is 11.8 Å². The number of para-hydroxylation sites is 1. The molecule has 3 aliphatic heterocycles. The van der Waals surface area contributed by atoms with E-state index in [-0.39, 0.29) is 11.9 Å². The van der Waals surface area contributed by atoms with Gasteiger partial charge in [0.25, 0.3) is 0 Å². The first-order valence-electron chi connectivity index (χ1n) is 7.79. The number of carboxylic acids is 1. The number of carbonyl (C=O) groups excluding carboxylic acids is 1. The molecular formula is C18H16ClNO4. The number of nitrogens with zero attached hydrogens (tertiary/aromatic N) is 1. The summed E-state index contributed by atoms with van der Waals surface area (Å²) >= 11 is 6.29. The summed E-state index contributed by atoms with van der Waals surface area (Å²) in [7, 11) is 0. The van der Waals surface area contributed by atoms with Crippen molar-refractivity contribution in [2.75, 3.05) is 4.90 Å². The number of aliphatic carboxylic acids is 1. The lowest BCUT2D eigenvalue weighted by molar-refractivity contribution is -0.146. The topological polar surface area (TPSA) is 66.8 Å². The predicted octanol–water partition coefficient (Wildman–Crippen LogP) is 2.66. The summed E-state index contributed by atoms with van der Waals surface area (Å²) in [6.45, 7) is 3.78. The van der Waals surface area contributed by atoms with Crippen LogP contribution in [0.15, 0.2) is 49.1 Å². The molecule has 1 aromatic rings. The minimum Gasteiger partial charge on any atom is -0.481 e. The highest BCUT2D eigenvalue weighted by atomic mass is 35.5. The minimum atomic E-state index is -1.01. The number of rotatable bonds is 4. The van der Waals surface area contributed by atoms with Gasteiger partial charge in [-0.3, -0.25) is 9.59 Å². The van der Waals surface area contributed by atoms with Crippen LogP contribution in [-0.4, -0.2) is 34.7 Å². The number of ether oxygens (including phenoxy) is 1. The molecule has 0 saturated carbocycles. The molecule has 2 saturated heterocycles. The molecule has 124 valence electrons. The number of halogens is 1. The Balaban J connectivity index is 1.87. The first-order chi connectivity index (χ1) is 11.5. The number of hydrogen-bond acceptors (Lipinski definition) is 3. The number of fused-ring (bicyclic) bond motifs is 1. The molecule has 0 aliphatic carbocycles. The maximum Gasteiger partial charge on any atom is 0.310 e. The Kier molecular flexibility index (Phi) is 3.34. The molecule has 3 heterocycles. The average molecular weight is 346 g/mol. The molecule has 1 N–H and O–H groups in total. The molecule has 0 radical (unpaired) electrons. The van der Waals surface area contributed by atoms with E-state index in [0.29, 0.717) is 17.1 Å². The Hall–Kier alpha value is -2.11. The van der Waals surface area contributed by atoms with Crippen LogP contribution in [0.2, 0.25) is 5.02 Å². The second-order valence-corrected chi connectivity index (χ2v) is 6.74. The van der Waals surface area contributed by atoms with Crippen LogP contribution in [0.25, 0.3) is 0 Å². The van der Waals surface area contributed by atoms with Crippen LogP contribution in [-0.2, 0) is 14.3 Å². The molecule has 2 fully saturated rings. The molecule has 5 nitrogen and oxygen atoms in total. The second kappa shape index (κ2) is 5.19. The highest BCUT2D eigenvalue weighted by molar-refractivity contribution is 6.34. The summed E-state index contributed by atoms with van der Waals surface area (Å²) in [5.74, 6) is -2.88. The zero-order chi connectivity index (χ0) is 17.1. The average Bonchev–Trinajstić information content (AvgIpc) is 3.18. The van der Waals surface area contributed by atoms with E-state index in [2.05, 4.69) is 6.58 Å². The van der Waals surface area contributed by atoms with E-state index in [1.54, 1.807) is 41.3 Å². The van der Waals surface area contributed by atoms with Crippen molar-refractivity contribution in [3.05, 3.63) is 54.1 Å². The zero-order valence-electron chi connectivity index (χ0n) is 12.8. The van der Waals surface area contributed by atoms with Crippen LogP contribution in [0.3, 0.4) is 0 Å². The summed E-state index contributed by atoms with van der Waals surface area (Å²) in [5.41, 5.74) is -0.359. The van der Waals surface area contributed by atoms with Crippen molar-refractivity contribution in [2.24, 2.45) is 11.8 Å². The van der Waals surface area contributed by atoms with Gasteiger partial charge in [-0.25, -0.2) is 0 Å². The van der Waals surface area contributed by atoms with Gasteiger partial charge in [-0.05, 0) is 18.6 Å². The Labute approximate surface area is 144 Å². The number of amides is 1. The third-order valence-electron chi connectivity index (χ3n) is 5.21. The SMILES string of the molecule is C=CCC1N(c2ccccc2Cl)C(=O)C2C(C(=O)O)[C@H]3C=C[C@]21O3. The van der Waals surface area contributed by atoms with Gasteiger partial charge in [0, 0.05) is 0 Å². The summed E-state index contributed by atoms with van der Waals surface area (Å²) in [6.07, 6.45) is 5.26. The fourth-order valence-electron chi connectivity index (χ4n) is 4.31. The van der Waals surface area contributed by atoms with Gasteiger partial charge >= 0.3 is 5.97 Å². The molecule has 2 bridgehead atoms. The van der Waals surface area contributed by atoms with E-state index in [0.717, 1.165) is 0 Å². The Morgan fingerprint density at radius 1 is 1.46 bits per heavy atom. The minimum absolute atomic E-state index is 0.255. The molecule has 0 aromatic heterocycles. The molecule has 1 aromatic carbocycles. The van der Waals surface area contributed by atoms with Crippen molar-refractivity contribution >= 4 is 29.2 Å². The molecule has 5 atom stereocenters. The lowest BCUT2D eigenvalue weighted by Crippen LogP contribution is -2.45. The molecule has 4 rings (SSSR count). The molecule has 1 spiro atoms. The van der Waals surface area contributed by atoms with Crippen molar-refractivity contribution in [1.29, 1.82) is 0 Å². The van der Waals surface area contributed by atoms with E-state index in [1.165, 1.54) is 0 Å². The summed E-state index contributed by atoms with van der Waals surface area (Å²) in [5, 5.41) is 10.0. The van der Waals surface area contributed by atoms with Crippen LogP contribution >= 0.6 is 11.6 Å². The third kappa shape index (κ3) is 1.79. The summed E-state index contributed by atoms with van der Waals surface area (Å²) in [6, 6.07) is 6.70. The fourth-order valence-corrected chi connectivity index (χ4v) is 4.54. The number of anilines is 1. The van der Waals surface area contributed by atoms with Crippen LogP contribution in [0.1, 0.15) is 6.42 Å². The lowest BCUT2D eigenvalue weighted by atomic mass is 9.74. The van der Waals surface area contributed by atoms with Gasteiger partial charge < -0.3 is 14.7 Å². The van der Waals surface area contributed by atoms with Gasteiger partial charge in [-0.1, -0.05) is 42.0 Å². The van der Waals surface area contributed by atoms with Gasteiger partial charge in [-0.2, -0.15) is 0 Å². The maximum absolute atomic E-state index is 13.2. The smallest absolute Gasteiger partial charge is 0.310 e. The van der Waals surface area contributed by atoms with E-state index in [9.17, 15) is 14.7 Å². The van der Waals surface area contributed by atoms with Crippen molar-refractivity contribution < 1.29 is 19.4 Å². The molecule has 3 aliphatic rings. The van der Waals surface area contributed by atoms with Crippen LogP contribution in [0.5, 0.6) is 0 Å². The van der Waals surface area contributed by atoms with Crippen molar-refractivity contribution in [2.45, 2.75) is 24.2 Å². The van der Waals surface area contributed by atoms with Crippen LogP contribution < -0.4 is 4.90 Å². The highest BCUT2D eigenvalue weighted by Crippen LogP contribution is 2.56. The first-order valence-corrected chi connectivity index (χ1v) is 8.17. The summed E-state index contributed by atoms with van der Waals surface area (Å²) < 4.78 is 6.04. The van der Waals surface area contributed by atoms with E-state index >= 15 is 0 Å². The normalized spacial score (nSPS) is 36.2. The Morgan fingerprint density at radius 2 is 2.21 bits per heavy atom. The number of hydrogen-bond donors (Lipinski definition) is 1. The third-order valence-corrected chi connectivity index (χ3v) is 5.53. The van der Waals surface area contributed by atoms with Gasteiger partial charge in [0.15, 0.2) is 0 Å². The maximum atomic E-state index is 13.2. The first kappa shape index (κ1) is 15.4. The van der Waals surface area contributed by atoms with Gasteiger partial charge in [0.2, 0.25) is 5.91 Å². The number of carbonyl (C=O) groups is 2. The largest absolute Gasteiger partial charge is 0.481 e. The molecule has 6 heteroatoms.